The first-order chi connectivity index (χ1) is 7.18. The fraction of sp³-hybridized carbons (Fsp3) is 0.571. The van der Waals surface area contributed by atoms with Crippen molar-refractivity contribution in [2.24, 2.45) is 5.92 Å². The van der Waals surface area contributed by atoms with Gasteiger partial charge in [-0.3, -0.25) is 0 Å². The zero-order chi connectivity index (χ0) is 10.8. The van der Waals surface area contributed by atoms with Gasteiger partial charge in [-0.25, -0.2) is 0 Å². The molecule has 0 saturated carbocycles. The van der Waals surface area contributed by atoms with E-state index in [0.717, 1.165) is 5.92 Å². The van der Waals surface area contributed by atoms with Crippen LogP contribution in [0.4, 0.5) is 5.69 Å². The van der Waals surface area contributed by atoms with Crippen molar-refractivity contribution in [3.63, 3.8) is 0 Å². The first-order valence-electron chi connectivity index (χ1n) is 6.02. The molecule has 0 aromatic heterocycles. The second-order valence-electron chi connectivity index (χ2n) is 5.02. The van der Waals surface area contributed by atoms with Crippen LogP contribution in [-0.2, 0) is 0 Å². The van der Waals surface area contributed by atoms with Gasteiger partial charge >= 0.3 is 0 Å². The minimum absolute atomic E-state index is 0.672. The van der Waals surface area contributed by atoms with Gasteiger partial charge in [0.15, 0.2) is 0 Å². The second-order valence-corrected chi connectivity index (χ2v) is 5.02. The molecule has 1 saturated heterocycles. The predicted molar refractivity (Wildman–Crippen MR) is 66.2 cm³/mol. The molecule has 1 aliphatic heterocycles. The Kier molecular flexibility index (Phi) is 2.99. The van der Waals surface area contributed by atoms with Crippen molar-refractivity contribution in [2.45, 2.75) is 45.7 Å². The summed E-state index contributed by atoms with van der Waals surface area (Å²) in [7, 11) is 0. The van der Waals surface area contributed by atoms with Crippen LogP contribution in [0, 0.1) is 5.92 Å². The highest BCUT2D eigenvalue weighted by molar-refractivity contribution is 5.48. The van der Waals surface area contributed by atoms with Crippen molar-refractivity contribution in [1.82, 2.24) is 0 Å². The topological polar surface area (TPSA) is 3.24 Å². The highest BCUT2D eigenvalue weighted by atomic mass is 15.2. The van der Waals surface area contributed by atoms with Crippen LogP contribution in [0.25, 0.3) is 0 Å². The predicted octanol–water partition coefficient (Wildman–Crippen LogP) is 3.70. The minimum atomic E-state index is 0.672. The molecule has 2 atom stereocenters. The minimum Gasteiger partial charge on any atom is -0.366 e. The van der Waals surface area contributed by atoms with Gasteiger partial charge in [-0.15, -0.1) is 0 Å². The van der Waals surface area contributed by atoms with Crippen molar-refractivity contribution in [2.75, 3.05) is 4.90 Å². The van der Waals surface area contributed by atoms with E-state index < -0.39 is 0 Å². The van der Waals surface area contributed by atoms with Crippen LogP contribution >= 0.6 is 0 Å². The molecular weight excluding hydrogens is 182 g/mol. The van der Waals surface area contributed by atoms with E-state index in [-0.39, 0.29) is 0 Å². The Labute approximate surface area is 93.1 Å². The normalized spacial score (nSPS) is 31.7. The van der Waals surface area contributed by atoms with Crippen LogP contribution in [0.15, 0.2) is 30.3 Å². The monoisotopic (exact) mass is 203 g/mol. The molecule has 0 spiro atoms. The molecule has 0 bridgehead atoms. The van der Waals surface area contributed by atoms with E-state index in [4.69, 9.17) is 0 Å². The van der Waals surface area contributed by atoms with Crippen LogP contribution in [0.1, 0.15) is 33.6 Å². The summed E-state index contributed by atoms with van der Waals surface area (Å²) in [6, 6.07) is 12.1. The van der Waals surface area contributed by atoms with Gasteiger partial charge in [-0.05, 0) is 44.7 Å². The van der Waals surface area contributed by atoms with Crippen LogP contribution in [0.5, 0.6) is 0 Å². The van der Waals surface area contributed by atoms with Gasteiger partial charge < -0.3 is 4.90 Å². The van der Waals surface area contributed by atoms with Crippen molar-refractivity contribution >= 4 is 5.69 Å². The number of benzene rings is 1. The fourth-order valence-corrected chi connectivity index (χ4v) is 3.03. The quantitative estimate of drug-likeness (QED) is 0.672. The summed E-state index contributed by atoms with van der Waals surface area (Å²) >= 11 is 0. The number of hydrogen-bond acceptors (Lipinski definition) is 1. The maximum absolute atomic E-state index is 2.57. The third kappa shape index (κ3) is 2.17. The van der Waals surface area contributed by atoms with E-state index >= 15 is 0 Å². The lowest BCUT2D eigenvalue weighted by molar-refractivity contribution is 0.325. The number of hydrogen-bond donors (Lipinski definition) is 0. The first kappa shape index (κ1) is 10.5. The Morgan fingerprint density at radius 2 is 1.47 bits per heavy atom. The average molecular weight is 203 g/mol. The molecule has 1 heteroatoms. The molecule has 2 unspecified atom stereocenters. The number of nitrogens with zero attached hydrogens (tertiary/aromatic N) is 1. The Morgan fingerprint density at radius 1 is 0.933 bits per heavy atom. The summed E-state index contributed by atoms with van der Waals surface area (Å²) in [5.74, 6) is 0.870. The van der Waals surface area contributed by atoms with Crippen LogP contribution < -0.4 is 4.90 Å². The number of anilines is 1. The smallest absolute Gasteiger partial charge is 0.0371 e. The van der Waals surface area contributed by atoms with Crippen LogP contribution in [0.2, 0.25) is 0 Å². The molecule has 0 radical (unpaired) electrons. The van der Waals surface area contributed by atoms with Crippen molar-refractivity contribution in [1.29, 1.82) is 0 Å². The molecule has 15 heavy (non-hydrogen) atoms. The van der Waals surface area contributed by atoms with E-state index in [9.17, 15) is 0 Å². The number of para-hydroxylation sites is 1. The average Bonchev–Trinajstić information content (AvgIpc) is 2.17. The number of rotatable bonds is 1. The largest absolute Gasteiger partial charge is 0.366 e. The second kappa shape index (κ2) is 4.26. The summed E-state index contributed by atoms with van der Waals surface area (Å²) in [6.07, 6.45) is 2.64. The molecule has 1 nitrogen and oxygen atoms in total. The van der Waals surface area contributed by atoms with Crippen LogP contribution in [-0.4, -0.2) is 12.1 Å². The molecule has 82 valence electrons. The Balaban J connectivity index is 2.21. The Hall–Kier alpha value is -0.980. The maximum Gasteiger partial charge on any atom is 0.0371 e. The highest BCUT2D eigenvalue weighted by Crippen LogP contribution is 2.31. The van der Waals surface area contributed by atoms with Gasteiger partial charge in [-0.2, -0.15) is 0 Å². The molecule has 1 fully saturated rings. The molecule has 0 amide bonds. The molecule has 0 N–H and O–H groups in total. The summed E-state index contributed by atoms with van der Waals surface area (Å²) < 4.78 is 0. The zero-order valence-electron chi connectivity index (χ0n) is 9.98. The molecular formula is C14H21N. The van der Waals surface area contributed by atoms with Crippen molar-refractivity contribution < 1.29 is 0 Å². The molecule has 2 rings (SSSR count). The Morgan fingerprint density at radius 3 is 2.00 bits per heavy atom. The third-order valence-electron chi connectivity index (χ3n) is 3.49. The molecule has 1 aromatic carbocycles. The van der Waals surface area contributed by atoms with E-state index in [0.29, 0.717) is 12.1 Å². The third-order valence-corrected chi connectivity index (χ3v) is 3.49. The van der Waals surface area contributed by atoms with Gasteiger partial charge in [0.1, 0.15) is 0 Å². The van der Waals surface area contributed by atoms with Crippen LogP contribution in [0.3, 0.4) is 0 Å². The summed E-state index contributed by atoms with van der Waals surface area (Å²) in [5, 5.41) is 0. The Bertz CT molecular complexity index is 294. The van der Waals surface area contributed by atoms with Gasteiger partial charge in [-0.1, -0.05) is 25.1 Å². The maximum atomic E-state index is 2.57. The first-order valence-corrected chi connectivity index (χ1v) is 6.02. The molecule has 1 heterocycles. The summed E-state index contributed by atoms with van der Waals surface area (Å²) in [5.41, 5.74) is 1.38. The van der Waals surface area contributed by atoms with E-state index in [1.807, 2.05) is 0 Å². The standard InChI is InChI=1S/C14H21N/c1-11-9-12(2)15(13(3)10-11)14-7-5-4-6-8-14/h4-8,11-13H,9-10H2,1-3H3. The summed E-state index contributed by atoms with van der Waals surface area (Å²) in [4.78, 5) is 2.57. The lowest BCUT2D eigenvalue weighted by Gasteiger charge is -2.43. The highest BCUT2D eigenvalue weighted by Gasteiger charge is 2.28. The van der Waals surface area contributed by atoms with Gasteiger partial charge in [0.05, 0.1) is 0 Å². The molecule has 1 aliphatic rings. The molecule has 0 aliphatic carbocycles. The van der Waals surface area contributed by atoms with Gasteiger partial charge in [0.25, 0.3) is 0 Å². The van der Waals surface area contributed by atoms with E-state index in [1.54, 1.807) is 0 Å². The lowest BCUT2D eigenvalue weighted by Crippen LogP contribution is -2.46. The van der Waals surface area contributed by atoms with Gasteiger partial charge in [0.2, 0.25) is 0 Å². The SMILES string of the molecule is CC1CC(C)N(c2ccccc2)C(C)C1. The van der Waals surface area contributed by atoms with E-state index in [1.165, 1.54) is 18.5 Å². The molecule has 1 aromatic rings. The van der Waals surface area contributed by atoms with E-state index in [2.05, 4.69) is 56.0 Å². The fourth-order valence-electron chi connectivity index (χ4n) is 3.03. The zero-order valence-corrected chi connectivity index (χ0v) is 9.98. The van der Waals surface area contributed by atoms with Gasteiger partial charge in [0, 0.05) is 17.8 Å². The number of piperidine rings is 1. The van der Waals surface area contributed by atoms with Crippen molar-refractivity contribution in [3.8, 4) is 0 Å². The lowest BCUT2D eigenvalue weighted by atomic mass is 9.88. The summed E-state index contributed by atoms with van der Waals surface area (Å²) in [6.45, 7) is 7.06. The van der Waals surface area contributed by atoms with Crippen molar-refractivity contribution in [3.05, 3.63) is 30.3 Å².